The molecule has 2 N–H and O–H groups in total. The van der Waals surface area contributed by atoms with Gasteiger partial charge >= 0.3 is 6.03 Å². The number of urea groups is 1. The predicted molar refractivity (Wildman–Crippen MR) is 129 cm³/mol. The van der Waals surface area contributed by atoms with Crippen molar-refractivity contribution in [1.29, 1.82) is 0 Å². The highest BCUT2D eigenvalue weighted by Gasteiger charge is 2.36. The van der Waals surface area contributed by atoms with E-state index in [0.29, 0.717) is 45.9 Å². The SMILES string of the molecule is COc1ccc(C2NC(=O)N(CCC(C)C)C(C)=C2c2nc(-c3cccc(Cl)c3)no2)cc1O. The van der Waals surface area contributed by atoms with Gasteiger partial charge in [0.05, 0.1) is 18.7 Å². The quantitative estimate of drug-likeness (QED) is 0.451. The number of ether oxygens (including phenoxy) is 1. The van der Waals surface area contributed by atoms with Crippen LogP contribution in [0.5, 0.6) is 11.5 Å². The Morgan fingerprint density at radius 3 is 2.74 bits per heavy atom. The molecule has 1 unspecified atom stereocenters. The molecule has 2 aromatic carbocycles. The van der Waals surface area contributed by atoms with Gasteiger partial charge in [-0.2, -0.15) is 4.98 Å². The Hall–Kier alpha value is -3.52. The van der Waals surface area contributed by atoms with Crippen molar-refractivity contribution in [1.82, 2.24) is 20.4 Å². The van der Waals surface area contributed by atoms with Crippen LogP contribution in [0, 0.1) is 5.92 Å². The van der Waals surface area contributed by atoms with Gasteiger partial charge in [-0.05, 0) is 49.1 Å². The molecular weight excluding hydrogens is 456 g/mol. The summed E-state index contributed by atoms with van der Waals surface area (Å²) in [6.45, 7) is 6.64. The summed E-state index contributed by atoms with van der Waals surface area (Å²) in [6, 6.07) is 11.4. The number of nitrogens with one attached hydrogen (secondary N) is 1. The van der Waals surface area contributed by atoms with E-state index in [0.717, 1.165) is 12.0 Å². The van der Waals surface area contributed by atoms with Gasteiger partial charge in [0.15, 0.2) is 11.5 Å². The zero-order chi connectivity index (χ0) is 24.4. The van der Waals surface area contributed by atoms with Crippen LogP contribution in [0.2, 0.25) is 5.02 Å². The van der Waals surface area contributed by atoms with Crippen LogP contribution < -0.4 is 10.1 Å². The smallest absolute Gasteiger partial charge is 0.322 e. The molecule has 1 aliphatic heterocycles. The lowest BCUT2D eigenvalue weighted by Crippen LogP contribution is -2.46. The van der Waals surface area contributed by atoms with Gasteiger partial charge in [0.2, 0.25) is 5.82 Å². The van der Waals surface area contributed by atoms with E-state index >= 15 is 0 Å². The predicted octanol–water partition coefficient (Wildman–Crippen LogP) is 5.65. The molecule has 1 aliphatic rings. The first kappa shape index (κ1) is 23.6. The third-order valence-corrected chi connectivity index (χ3v) is 6.04. The number of aromatic nitrogens is 2. The summed E-state index contributed by atoms with van der Waals surface area (Å²) in [5.74, 6) is 1.41. The van der Waals surface area contributed by atoms with Crippen molar-refractivity contribution in [3.8, 4) is 22.9 Å². The lowest BCUT2D eigenvalue weighted by Gasteiger charge is -2.35. The first-order valence-corrected chi connectivity index (χ1v) is 11.4. The van der Waals surface area contributed by atoms with E-state index in [1.54, 1.807) is 35.2 Å². The van der Waals surface area contributed by atoms with Crippen LogP contribution in [-0.4, -0.2) is 39.8 Å². The first-order valence-electron chi connectivity index (χ1n) is 11.0. The Labute approximate surface area is 203 Å². The Kier molecular flexibility index (Phi) is 6.79. The van der Waals surface area contributed by atoms with Crippen LogP contribution in [0.15, 0.2) is 52.7 Å². The van der Waals surface area contributed by atoms with Crippen molar-refractivity contribution in [3.63, 3.8) is 0 Å². The average Bonchev–Trinajstić information content (AvgIpc) is 3.28. The molecule has 1 atom stereocenters. The third-order valence-electron chi connectivity index (χ3n) is 5.80. The fourth-order valence-corrected chi connectivity index (χ4v) is 4.12. The summed E-state index contributed by atoms with van der Waals surface area (Å²) in [4.78, 5) is 19.4. The molecule has 2 heterocycles. The molecule has 34 heavy (non-hydrogen) atoms. The van der Waals surface area contributed by atoms with E-state index in [4.69, 9.17) is 20.9 Å². The molecule has 2 amide bonds. The van der Waals surface area contributed by atoms with Crippen molar-refractivity contribution in [2.45, 2.75) is 33.2 Å². The first-order chi connectivity index (χ1) is 16.3. The molecule has 3 aromatic rings. The second kappa shape index (κ2) is 9.77. The van der Waals surface area contributed by atoms with Gasteiger partial charge in [-0.1, -0.05) is 48.8 Å². The number of hydrogen-bond donors (Lipinski definition) is 2. The van der Waals surface area contributed by atoms with Crippen molar-refractivity contribution in [2.24, 2.45) is 5.92 Å². The molecule has 8 nitrogen and oxygen atoms in total. The van der Waals surface area contributed by atoms with Gasteiger partial charge in [0, 0.05) is 22.8 Å². The normalized spacial score (nSPS) is 16.2. The number of methoxy groups -OCH3 is 1. The molecule has 0 aliphatic carbocycles. The molecule has 0 spiro atoms. The van der Waals surface area contributed by atoms with Crippen molar-refractivity contribution in [3.05, 3.63) is 64.6 Å². The zero-order valence-electron chi connectivity index (χ0n) is 19.5. The van der Waals surface area contributed by atoms with Crippen LogP contribution in [0.25, 0.3) is 17.0 Å². The monoisotopic (exact) mass is 482 g/mol. The summed E-state index contributed by atoms with van der Waals surface area (Å²) < 4.78 is 10.8. The summed E-state index contributed by atoms with van der Waals surface area (Å²) in [5, 5.41) is 18.1. The van der Waals surface area contributed by atoms with E-state index in [-0.39, 0.29) is 17.7 Å². The number of rotatable bonds is 7. The highest BCUT2D eigenvalue weighted by molar-refractivity contribution is 6.30. The number of phenolic OH excluding ortho intramolecular Hbond substituents is 1. The highest BCUT2D eigenvalue weighted by Crippen LogP contribution is 2.40. The Morgan fingerprint density at radius 1 is 1.26 bits per heavy atom. The minimum atomic E-state index is -0.604. The number of halogens is 1. The molecule has 1 aromatic heterocycles. The zero-order valence-corrected chi connectivity index (χ0v) is 20.3. The van der Waals surface area contributed by atoms with E-state index in [2.05, 4.69) is 29.3 Å². The minimum absolute atomic E-state index is 0.0290. The number of amides is 2. The standard InChI is InChI=1S/C25H27ClN4O4/c1-14(2)10-11-30-15(3)21(24-28-23(29-34-24)17-6-5-7-18(26)12-17)22(27-25(30)32)16-8-9-20(33-4)19(31)13-16/h5-9,12-14,22,31H,10-11H2,1-4H3,(H,27,32). The number of hydrogen-bond acceptors (Lipinski definition) is 6. The van der Waals surface area contributed by atoms with Gasteiger partial charge in [-0.15, -0.1) is 0 Å². The molecule has 0 saturated carbocycles. The van der Waals surface area contributed by atoms with Gasteiger partial charge in [-0.25, -0.2) is 4.79 Å². The number of carbonyl (C=O) groups excluding carboxylic acids is 1. The summed E-state index contributed by atoms with van der Waals surface area (Å²) in [5.41, 5.74) is 2.75. The third kappa shape index (κ3) is 4.72. The molecule has 0 radical (unpaired) electrons. The number of phenols is 1. The topological polar surface area (TPSA) is 101 Å². The van der Waals surface area contributed by atoms with Crippen molar-refractivity contribution in [2.75, 3.05) is 13.7 Å². The molecular formula is C25H27ClN4O4. The number of allylic oxidation sites excluding steroid dienone is 1. The molecule has 9 heteroatoms. The largest absolute Gasteiger partial charge is 0.504 e. The highest BCUT2D eigenvalue weighted by atomic mass is 35.5. The maximum Gasteiger partial charge on any atom is 0.322 e. The average molecular weight is 483 g/mol. The number of carbonyl (C=O) groups is 1. The fourth-order valence-electron chi connectivity index (χ4n) is 3.93. The van der Waals surface area contributed by atoms with Crippen LogP contribution in [0.4, 0.5) is 4.79 Å². The Bertz CT molecular complexity index is 1240. The van der Waals surface area contributed by atoms with E-state index < -0.39 is 6.04 Å². The van der Waals surface area contributed by atoms with E-state index in [1.807, 2.05) is 19.1 Å². The van der Waals surface area contributed by atoms with Gasteiger partial charge in [0.1, 0.15) is 0 Å². The molecule has 0 saturated heterocycles. The second-order valence-corrected chi connectivity index (χ2v) is 9.02. The van der Waals surface area contributed by atoms with Crippen molar-refractivity contribution >= 4 is 23.2 Å². The van der Waals surface area contributed by atoms with Gasteiger partial charge < -0.3 is 19.7 Å². The molecule has 0 fully saturated rings. The van der Waals surface area contributed by atoms with Crippen LogP contribution in [0.1, 0.15) is 44.7 Å². The number of benzene rings is 2. The van der Waals surface area contributed by atoms with Gasteiger partial charge in [-0.3, -0.25) is 4.90 Å². The summed E-state index contributed by atoms with van der Waals surface area (Å²) in [6.07, 6.45) is 0.837. The molecule has 4 rings (SSSR count). The van der Waals surface area contributed by atoms with E-state index in [1.165, 1.54) is 7.11 Å². The summed E-state index contributed by atoms with van der Waals surface area (Å²) >= 11 is 6.13. The fraction of sp³-hybridized carbons (Fsp3) is 0.320. The Balaban J connectivity index is 1.80. The lowest BCUT2D eigenvalue weighted by molar-refractivity contribution is 0.202. The maximum atomic E-state index is 13.1. The number of aromatic hydroxyl groups is 1. The van der Waals surface area contributed by atoms with Crippen LogP contribution in [-0.2, 0) is 0 Å². The van der Waals surface area contributed by atoms with Gasteiger partial charge in [0.25, 0.3) is 5.89 Å². The van der Waals surface area contributed by atoms with E-state index in [9.17, 15) is 9.90 Å². The van der Waals surface area contributed by atoms with Crippen molar-refractivity contribution < 1.29 is 19.2 Å². The lowest BCUT2D eigenvalue weighted by atomic mass is 9.94. The molecule has 178 valence electrons. The minimum Gasteiger partial charge on any atom is -0.504 e. The summed E-state index contributed by atoms with van der Waals surface area (Å²) in [7, 11) is 1.48. The number of nitrogens with zero attached hydrogens (tertiary/aromatic N) is 3. The maximum absolute atomic E-state index is 13.1. The van der Waals surface area contributed by atoms with Crippen LogP contribution >= 0.6 is 11.6 Å². The molecule has 0 bridgehead atoms. The second-order valence-electron chi connectivity index (χ2n) is 8.58. The Morgan fingerprint density at radius 2 is 2.06 bits per heavy atom. The van der Waals surface area contributed by atoms with Crippen LogP contribution in [0.3, 0.4) is 0 Å².